The van der Waals surface area contributed by atoms with Crippen molar-refractivity contribution in [3.05, 3.63) is 52.5 Å². The lowest BCUT2D eigenvalue weighted by Gasteiger charge is -2.15. The molecule has 136 valence electrons. The molecule has 1 aliphatic rings. The number of benzene rings is 2. The lowest BCUT2D eigenvalue weighted by molar-refractivity contribution is -0.127. The van der Waals surface area contributed by atoms with Crippen LogP contribution in [0, 0.1) is 6.92 Å². The fourth-order valence-corrected chi connectivity index (χ4v) is 2.63. The third-order valence-electron chi connectivity index (χ3n) is 3.93. The Bertz CT molecular complexity index is 867. The van der Waals surface area contributed by atoms with Gasteiger partial charge in [-0.1, -0.05) is 11.6 Å². The first-order valence-corrected chi connectivity index (χ1v) is 8.49. The number of nitrogens with zero attached hydrogens (tertiary/aromatic N) is 1. The molecule has 26 heavy (non-hydrogen) atoms. The van der Waals surface area contributed by atoms with Crippen LogP contribution in [0.25, 0.3) is 0 Å². The third-order valence-corrected chi connectivity index (χ3v) is 4.17. The lowest BCUT2D eigenvalue weighted by atomic mass is 10.1. The molecule has 0 spiro atoms. The van der Waals surface area contributed by atoms with Crippen molar-refractivity contribution in [3.8, 4) is 17.2 Å². The van der Waals surface area contributed by atoms with Crippen LogP contribution < -0.4 is 19.6 Å². The van der Waals surface area contributed by atoms with Crippen LogP contribution in [0.4, 0.5) is 0 Å². The molecule has 2 aromatic carbocycles. The Labute approximate surface area is 156 Å². The van der Waals surface area contributed by atoms with Gasteiger partial charge in [0.05, 0.1) is 5.71 Å². The van der Waals surface area contributed by atoms with Gasteiger partial charge >= 0.3 is 0 Å². The van der Waals surface area contributed by atoms with E-state index in [1.165, 1.54) is 0 Å². The van der Waals surface area contributed by atoms with Gasteiger partial charge in [0.2, 0.25) is 6.79 Å². The summed E-state index contributed by atoms with van der Waals surface area (Å²) in [6, 6.07) is 10.7. The molecule has 0 saturated carbocycles. The van der Waals surface area contributed by atoms with E-state index < -0.39 is 6.10 Å². The fraction of sp³-hybridized carbons (Fsp3) is 0.263. The summed E-state index contributed by atoms with van der Waals surface area (Å²) in [5, 5.41) is 4.76. The van der Waals surface area contributed by atoms with Gasteiger partial charge in [-0.3, -0.25) is 4.79 Å². The molecule has 0 fully saturated rings. The molecule has 6 nitrogen and oxygen atoms in total. The molecule has 0 saturated heterocycles. The number of carbonyl (C=O) groups is 1. The van der Waals surface area contributed by atoms with Crippen molar-refractivity contribution < 1.29 is 19.0 Å². The summed E-state index contributed by atoms with van der Waals surface area (Å²) >= 11 is 5.92. The van der Waals surface area contributed by atoms with Gasteiger partial charge in [-0.25, -0.2) is 5.43 Å². The number of amides is 1. The maximum absolute atomic E-state index is 12.2. The number of carbonyl (C=O) groups excluding carboxylic acids is 1. The van der Waals surface area contributed by atoms with Gasteiger partial charge in [0.1, 0.15) is 5.75 Å². The van der Waals surface area contributed by atoms with Gasteiger partial charge in [0, 0.05) is 10.6 Å². The number of hydrazone groups is 1. The zero-order valence-electron chi connectivity index (χ0n) is 14.7. The molecule has 1 N–H and O–H groups in total. The van der Waals surface area contributed by atoms with Gasteiger partial charge < -0.3 is 14.2 Å². The van der Waals surface area contributed by atoms with E-state index in [0.717, 1.165) is 11.1 Å². The van der Waals surface area contributed by atoms with Crippen LogP contribution in [0.1, 0.15) is 25.0 Å². The zero-order chi connectivity index (χ0) is 18.7. The Balaban J connectivity index is 1.62. The van der Waals surface area contributed by atoms with Gasteiger partial charge in [-0.05, 0) is 62.7 Å². The molecule has 1 amide bonds. The largest absolute Gasteiger partial charge is 0.481 e. The zero-order valence-corrected chi connectivity index (χ0v) is 15.5. The van der Waals surface area contributed by atoms with Crippen molar-refractivity contribution in [1.82, 2.24) is 5.43 Å². The molecule has 1 atom stereocenters. The molecule has 2 aromatic rings. The molecule has 0 radical (unpaired) electrons. The van der Waals surface area contributed by atoms with Crippen molar-refractivity contribution in [2.45, 2.75) is 26.9 Å². The Morgan fingerprint density at radius 3 is 2.77 bits per heavy atom. The van der Waals surface area contributed by atoms with E-state index in [4.69, 9.17) is 25.8 Å². The van der Waals surface area contributed by atoms with E-state index >= 15 is 0 Å². The first kappa shape index (κ1) is 18.1. The van der Waals surface area contributed by atoms with Gasteiger partial charge in [0.15, 0.2) is 17.6 Å². The number of rotatable bonds is 5. The number of hydrogen-bond acceptors (Lipinski definition) is 5. The highest BCUT2D eigenvalue weighted by molar-refractivity contribution is 6.30. The second-order valence-corrected chi connectivity index (χ2v) is 6.35. The Morgan fingerprint density at radius 2 is 2.00 bits per heavy atom. The fourth-order valence-electron chi connectivity index (χ4n) is 2.41. The van der Waals surface area contributed by atoms with Crippen molar-refractivity contribution in [2.24, 2.45) is 5.10 Å². The van der Waals surface area contributed by atoms with E-state index in [1.807, 2.05) is 25.1 Å². The van der Waals surface area contributed by atoms with Crippen molar-refractivity contribution in [2.75, 3.05) is 6.79 Å². The molecule has 0 aliphatic carbocycles. The highest BCUT2D eigenvalue weighted by Gasteiger charge is 2.17. The second kappa shape index (κ2) is 7.66. The Hall–Kier alpha value is -2.73. The highest BCUT2D eigenvalue weighted by atomic mass is 35.5. The quantitative estimate of drug-likeness (QED) is 0.640. The average molecular weight is 375 g/mol. The summed E-state index contributed by atoms with van der Waals surface area (Å²) in [7, 11) is 0. The normalized spacial score (nSPS) is 14.1. The number of aryl methyl sites for hydroxylation is 1. The number of halogens is 1. The SMILES string of the molecule is C/C(=N\NC(=O)C(C)Oc1ccc(Cl)cc1C)c1ccc2c(c1)OCO2. The summed E-state index contributed by atoms with van der Waals surface area (Å²) in [6.45, 7) is 5.54. The second-order valence-electron chi connectivity index (χ2n) is 5.91. The van der Waals surface area contributed by atoms with Crippen LogP contribution in [0.2, 0.25) is 5.02 Å². The Kier molecular flexibility index (Phi) is 5.32. The predicted molar refractivity (Wildman–Crippen MR) is 99.2 cm³/mol. The maximum atomic E-state index is 12.2. The first-order chi connectivity index (χ1) is 12.4. The molecule has 1 unspecified atom stereocenters. The minimum atomic E-state index is -0.705. The van der Waals surface area contributed by atoms with Crippen molar-refractivity contribution >= 4 is 23.2 Å². The number of fused-ring (bicyclic) bond motifs is 1. The van der Waals surface area contributed by atoms with E-state index in [-0.39, 0.29) is 12.7 Å². The first-order valence-electron chi connectivity index (χ1n) is 8.11. The highest BCUT2D eigenvalue weighted by Crippen LogP contribution is 2.32. The minimum Gasteiger partial charge on any atom is -0.481 e. The van der Waals surface area contributed by atoms with Crippen molar-refractivity contribution in [3.63, 3.8) is 0 Å². The van der Waals surface area contributed by atoms with E-state index in [0.29, 0.717) is 28.0 Å². The monoisotopic (exact) mass is 374 g/mol. The lowest BCUT2D eigenvalue weighted by Crippen LogP contribution is -2.34. The molecular weight excluding hydrogens is 356 g/mol. The predicted octanol–water partition coefficient (Wildman–Crippen LogP) is 3.68. The number of hydrogen-bond donors (Lipinski definition) is 1. The minimum absolute atomic E-state index is 0.213. The number of ether oxygens (including phenoxy) is 3. The van der Waals surface area contributed by atoms with Crippen molar-refractivity contribution in [1.29, 1.82) is 0 Å². The van der Waals surface area contributed by atoms with Gasteiger partial charge in [-0.15, -0.1) is 0 Å². The molecule has 0 aromatic heterocycles. The molecule has 0 bridgehead atoms. The summed E-state index contributed by atoms with van der Waals surface area (Å²) in [4.78, 5) is 12.2. The average Bonchev–Trinajstić information content (AvgIpc) is 3.09. The topological polar surface area (TPSA) is 69.2 Å². The molecular formula is C19H19ClN2O4. The standard InChI is InChI=1S/C19H19ClN2O4/c1-11-8-15(20)5-7-16(11)26-13(3)19(23)22-21-12(2)14-4-6-17-18(9-14)25-10-24-17/h4-9,13H,10H2,1-3H3,(H,22,23)/b21-12+. The van der Waals surface area contributed by atoms with Crippen LogP contribution in [0.15, 0.2) is 41.5 Å². The number of nitrogens with one attached hydrogen (secondary N) is 1. The van der Waals surface area contributed by atoms with E-state index in [2.05, 4.69) is 10.5 Å². The van der Waals surface area contributed by atoms with E-state index in [9.17, 15) is 4.79 Å². The van der Waals surface area contributed by atoms with Gasteiger partial charge in [0.25, 0.3) is 5.91 Å². The summed E-state index contributed by atoms with van der Waals surface area (Å²) in [5.74, 6) is 1.62. The van der Waals surface area contributed by atoms with Gasteiger partial charge in [-0.2, -0.15) is 5.10 Å². The third kappa shape index (κ3) is 4.08. The maximum Gasteiger partial charge on any atom is 0.280 e. The van der Waals surface area contributed by atoms with Crippen LogP contribution >= 0.6 is 11.6 Å². The van der Waals surface area contributed by atoms with Crippen LogP contribution in [0.3, 0.4) is 0 Å². The molecule has 3 rings (SSSR count). The summed E-state index contributed by atoms with van der Waals surface area (Å²) in [6.07, 6.45) is -0.705. The molecule has 1 aliphatic heterocycles. The summed E-state index contributed by atoms with van der Waals surface area (Å²) in [5.41, 5.74) is 4.86. The summed E-state index contributed by atoms with van der Waals surface area (Å²) < 4.78 is 16.3. The van der Waals surface area contributed by atoms with Crippen LogP contribution in [-0.2, 0) is 4.79 Å². The van der Waals surface area contributed by atoms with Crippen LogP contribution in [0.5, 0.6) is 17.2 Å². The van der Waals surface area contributed by atoms with E-state index in [1.54, 1.807) is 32.0 Å². The smallest absolute Gasteiger partial charge is 0.280 e. The Morgan fingerprint density at radius 1 is 1.23 bits per heavy atom. The molecule has 7 heteroatoms. The molecule has 1 heterocycles. The van der Waals surface area contributed by atoms with Crippen LogP contribution in [-0.4, -0.2) is 24.5 Å².